The number of hydrogen-bond donors (Lipinski definition) is 1. The molecule has 2 N–H and O–H groups in total. The van der Waals surface area contributed by atoms with Gasteiger partial charge in [0.05, 0.1) is 11.8 Å². The summed E-state index contributed by atoms with van der Waals surface area (Å²) in [6.45, 7) is 1.90. The van der Waals surface area contributed by atoms with Crippen molar-refractivity contribution in [3.05, 3.63) is 18.3 Å². The van der Waals surface area contributed by atoms with Crippen molar-refractivity contribution >= 4 is 0 Å². The van der Waals surface area contributed by atoms with Crippen LogP contribution in [-0.2, 0) is 13.5 Å². The normalized spacial score (nSPS) is 13.0. The van der Waals surface area contributed by atoms with Crippen molar-refractivity contribution in [2.45, 2.75) is 19.4 Å². The van der Waals surface area contributed by atoms with Gasteiger partial charge < -0.3 is 10.3 Å². The van der Waals surface area contributed by atoms with Crippen LogP contribution in [-0.4, -0.2) is 26.0 Å². The molecule has 15 heavy (non-hydrogen) atoms. The quantitative estimate of drug-likeness (QED) is 0.785. The highest BCUT2D eigenvalue weighted by atomic mass is 16.5. The predicted molar refractivity (Wildman–Crippen MR) is 53.9 cm³/mol. The average Bonchev–Trinajstić information content (AvgIpc) is 2.72. The summed E-state index contributed by atoms with van der Waals surface area (Å²) in [7, 11) is 1.84. The molecular formula is C9H13N5O. The lowest BCUT2D eigenvalue weighted by Crippen LogP contribution is -2.17. The molecular weight excluding hydrogens is 194 g/mol. The first-order chi connectivity index (χ1) is 7.15. The van der Waals surface area contributed by atoms with Crippen LogP contribution in [0.3, 0.4) is 0 Å². The van der Waals surface area contributed by atoms with Gasteiger partial charge in [-0.2, -0.15) is 10.1 Å². The van der Waals surface area contributed by atoms with Crippen LogP contribution in [0.2, 0.25) is 0 Å². The highest BCUT2D eigenvalue weighted by molar-refractivity contribution is 5.50. The first-order valence-corrected chi connectivity index (χ1v) is 4.72. The molecule has 6 nitrogen and oxygen atoms in total. The maximum Gasteiger partial charge on any atom is 0.228 e. The van der Waals surface area contributed by atoms with Crippen molar-refractivity contribution in [3.63, 3.8) is 0 Å². The Morgan fingerprint density at radius 3 is 3.00 bits per heavy atom. The number of aryl methyl sites for hydroxylation is 1. The smallest absolute Gasteiger partial charge is 0.228 e. The van der Waals surface area contributed by atoms with Gasteiger partial charge >= 0.3 is 0 Å². The van der Waals surface area contributed by atoms with Crippen molar-refractivity contribution in [2.75, 3.05) is 0 Å². The van der Waals surface area contributed by atoms with E-state index in [-0.39, 0.29) is 6.04 Å². The molecule has 0 aromatic carbocycles. The van der Waals surface area contributed by atoms with Crippen LogP contribution < -0.4 is 5.73 Å². The van der Waals surface area contributed by atoms with Crippen LogP contribution in [0.25, 0.3) is 11.4 Å². The minimum Gasteiger partial charge on any atom is -0.339 e. The van der Waals surface area contributed by atoms with Crippen molar-refractivity contribution in [3.8, 4) is 11.4 Å². The Bertz CT molecular complexity index is 445. The largest absolute Gasteiger partial charge is 0.339 e. The molecule has 1 unspecified atom stereocenters. The molecule has 0 amide bonds. The summed E-state index contributed by atoms with van der Waals surface area (Å²) >= 11 is 0. The zero-order chi connectivity index (χ0) is 10.8. The van der Waals surface area contributed by atoms with E-state index in [1.807, 2.05) is 20.2 Å². The Hall–Kier alpha value is -1.69. The van der Waals surface area contributed by atoms with Crippen LogP contribution in [0.1, 0.15) is 12.8 Å². The second-order valence-corrected chi connectivity index (χ2v) is 3.60. The molecule has 80 valence electrons. The maximum absolute atomic E-state index is 5.63. The molecule has 0 bridgehead atoms. The Labute approximate surface area is 87.1 Å². The fourth-order valence-electron chi connectivity index (χ4n) is 1.27. The molecule has 2 rings (SSSR count). The molecule has 2 aromatic rings. The predicted octanol–water partition coefficient (Wildman–Crippen LogP) is 0.360. The third kappa shape index (κ3) is 2.21. The van der Waals surface area contributed by atoms with Gasteiger partial charge in [0.1, 0.15) is 0 Å². The third-order valence-corrected chi connectivity index (χ3v) is 1.93. The molecule has 0 radical (unpaired) electrons. The Balaban J connectivity index is 2.20. The first-order valence-electron chi connectivity index (χ1n) is 4.72. The monoisotopic (exact) mass is 207 g/mol. The summed E-state index contributed by atoms with van der Waals surface area (Å²) in [4.78, 5) is 4.22. The molecule has 2 heterocycles. The standard InChI is InChI=1S/C9H13N5O/c1-6(10)3-8-12-9(13-15-8)7-4-11-14(2)5-7/h4-6H,3,10H2,1-2H3. The molecule has 2 aromatic heterocycles. The third-order valence-electron chi connectivity index (χ3n) is 1.93. The average molecular weight is 207 g/mol. The van der Waals surface area contributed by atoms with Gasteiger partial charge in [0.2, 0.25) is 11.7 Å². The highest BCUT2D eigenvalue weighted by Crippen LogP contribution is 2.14. The van der Waals surface area contributed by atoms with E-state index < -0.39 is 0 Å². The topological polar surface area (TPSA) is 82.8 Å². The first kappa shape index (κ1) is 9.85. The summed E-state index contributed by atoms with van der Waals surface area (Å²) in [6, 6.07) is 0.0206. The summed E-state index contributed by atoms with van der Waals surface area (Å²) in [5.41, 5.74) is 6.48. The van der Waals surface area contributed by atoms with Crippen molar-refractivity contribution in [1.82, 2.24) is 19.9 Å². The molecule has 0 saturated carbocycles. The van der Waals surface area contributed by atoms with E-state index in [0.29, 0.717) is 18.1 Å². The minimum atomic E-state index is 0.0206. The lowest BCUT2D eigenvalue weighted by molar-refractivity contribution is 0.372. The van der Waals surface area contributed by atoms with E-state index >= 15 is 0 Å². The molecule has 1 atom stereocenters. The molecule has 0 saturated heterocycles. The van der Waals surface area contributed by atoms with Crippen molar-refractivity contribution in [1.29, 1.82) is 0 Å². The van der Waals surface area contributed by atoms with Gasteiger partial charge in [0.25, 0.3) is 0 Å². The molecule has 0 fully saturated rings. The minimum absolute atomic E-state index is 0.0206. The van der Waals surface area contributed by atoms with Gasteiger partial charge in [-0.15, -0.1) is 0 Å². The summed E-state index contributed by atoms with van der Waals surface area (Å²) in [6.07, 6.45) is 4.12. The Kier molecular flexibility index (Phi) is 2.51. The summed E-state index contributed by atoms with van der Waals surface area (Å²) in [5, 5.41) is 7.89. The van der Waals surface area contributed by atoms with E-state index in [0.717, 1.165) is 5.56 Å². The number of hydrogen-bond acceptors (Lipinski definition) is 5. The summed E-state index contributed by atoms with van der Waals surface area (Å²) < 4.78 is 6.75. The zero-order valence-electron chi connectivity index (χ0n) is 8.71. The van der Waals surface area contributed by atoms with Gasteiger partial charge in [-0.05, 0) is 6.92 Å². The van der Waals surface area contributed by atoms with Crippen LogP contribution in [0.4, 0.5) is 0 Å². The maximum atomic E-state index is 5.63. The van der Waals surface area contributed by atoms with Crippen molar-refractivity contribution < 1.29 is 4.52 Å². The van der Waals surface area contributed by atoms with Gasteiger partial charge in [0, 0.05) is 25.7 Å². The molecule has 0 aliphatic rings. The van der Waals surface area contributed by atoms with E-state index in [1.165, 1.54) is 0 Å². The Morgan fingerprint density at radius 1 is 1.60 bits per heavy atom. The van der Waals surface area contributed by atoms with Crippen LogP contribution >= 0.6 is 0 Å². The number of nitrogens with zero attached hydrogens (tertiary/aromatic N) is 4. The van der Waals surface area contributed by atoms with Gasteiger partial charge in [-0.25, -0.2) is 0 Å². The lowest BCUT2D eigenvalue weighted by Gasteiger charge is -1.96. The second kappa shape index (κ2) is 3.82. The Morgan fingerprint density at radius 2 is 2.40 bits per heavy atom. The fraction of sp³-hybridized carbons (Fsp3) is 0.444. The van der Waals surface area contributed by atoms with E-state index in [4.69, 9.17) is 10.3 Å². The van der Waals surface area contributed by atoms with Crippen LogP contribution in [0.5, 0.6) is 0 Å². The molecule has 6 heteroatoms. The highest BCUT2D eigenvalue weighted by Gasteiger charge is 2.10. The number of rotatable bonds is 3. The van der Waals surface area contributed by atoms with Gasteiger partial charge in [0.15, 0.2) is 0 Å². The van der Waals surface area contributed by atoms with Gasteiger partial charge in [-0.3, -0.25) is 4.68 Å². The van der Waals surface area contributed by atoms with E-state index in [1.54, 1.807) is 10.9 Å². The van der Waals surface area contributed by atoms with Gasteiger partial charge in [-0.1, -0.05) is 5.16 Å². The fourth-order valence-corrected chi connectivity index (χ4v) is 1.27. The molecule has 0 spiro atoms. The number of nitrogens with two attached hydrogens (primary N) is 1. The SMILES string of the molecule is CC(N)Cc1nc(-c2cnn(C)c2)no1. The van der Waals surface area contributed by atoms with Crippen LogP contribution in [0.15, 0.2) is 16.9 Å². The van der Waals surface area contributed by atoms with Crippen LogP contribution in [0, 0.1) is 0 Å². The molecule has 0 aliphatic carbocycles. The number of aromatic nitrogens is 4. The lowest BCUT2D eigenvalue weighted by atomic mass is 10.2. The molecule has 0 aliphatic heterocycles. The van der Waals surface area contributed by atoms with Crippen molar-refractivity contribution in [2.24, 2.45) is 12.8 Å². The van der Waals surface area contributed by atoms with E-state index in [9.17, 15) is 0 Å². The second-order valence-electron chi connectivity index (χ2n) is 3.60. The van der Waals surface area contributed by atoms with E-state index in [2.05, 4.69) is 15.2 Å². The zero-order valence-corrected chi connectivity index (χ0v) is 8.71. The summed E-state index contributed by atoms with van der Waals surface area (Å²) in [5.74, 6) is 1.11.